The fourth-order valence-electron chi connectivity index (χ4n) is 1.53. The molecule has 0 saturated carbocycles. The second-order valence-corrected chi connectivity index (χ2v) is 4.15. The molecule has 102 valence electrons. The molecule has 18 heavy (non-hydrogen) atoms. The molecule has 0 aliphatic rings. The number of hydrogen-bond donors (Lipinski definition) is 2. The first-order chi connectivity index (χ1) is 8.19. The van der Waals surface area contributed by atoms with Gasteiger partial charge in [-0.3, -0.25) is 9.48 Å². The smallest absolute Gasteiger partial charge is 0.368 e. The van der Waals surface area contributed by atoms with Crippen LogP contribution in [0.2, 0.25) is 0 Å². The number of carbonyl (C=O) groups is 1. The minimum absolute atomic E-state index is 0.0632. The summed E-state index contributed by atoms with van der Waals surface area (Å²) in [5.41, 5.74) is 3.24. The molecule has 1 heterocycles. The lowest BCUT2D eigenvalue weighted by Gasteiger charge is -2.26. The highest BCUT2D eigenvalue weighted by Gasteiger charge is 2.34. The van der Waals surface area contributed by atoms with Crippen LogP contribution in [0.15, 0.2) is 12.4 Å². The van der Waals surface area contributed by atoms with Crippen molar-refractivity contribution >= 4 is 5.91 Å². The second-order valence-electron chi connectivity index (χ2n) is 4.15. The summed E-state index contributed by atoms with van der Waals surface area (Å²) in [6.45, 7) is 3.69. The lowest BCUT2D eigenvalue weighted by molar-refractivity contribution is -0.137. The van der Waals surface area contributed by atoms with Crippen LogP contribution in [0.4, 0.5) is 13.2 Å². The number of likely N-dealkylation sites (N-methyl/N-ethyl adjacent to an activating group) is 1. The Morgan fingerprint density at radius 1 is 1.56 bits per heavy atom. The normalized spacial score (nSPS) is 15.4. The van der Waals surface area contributed by atoms with E-state index in [0.29, 0.717) is 12.7 Å². The number of carbonyl (C=O) groups excluding carboxylic acids is 1. The number of halogens is 3. The number of aromatic nitrogens is 2. The van der Waals surface area contributed by atoms with E-state index in [2.05, 4.69) is 10.4 Å². The number of nitrogens with zero attached hydrogens (tertiary/aromatic N) is 2. The predicted octanol–water partition coefficient (Wildman–Crippen LogP) is 0.755. The van der Waals surface area contributed by atoms with Crippen molar-refractivity contribution in [2.75, 3.05) is 6.54 Å². The number of nitrogens with two attached hydrogens (primary N) is 1. The quantitative estimate of drug-likeness (QED) is 0.824. The van der Waals surface area contributed by atoms with Gasteiger partial charge in [0.2, 0.25) is 5.91 Å². The molecule has 3 N–H and O–H groups in total. The Hall–Kier alpha value is -1.57. The molecule has 5 nitrogen and oxygen atoms in total. The zero-order valence-electron chi connectivity index (χ0n) is 10.1. The summed E-state index contributed by atoms with van der Waals surface area (Å²) in [6, 6.07) is 0. The van der Waals surface area contributed by atoms with Crippen LogP contribution in [0.25, 0.3) is 0 Å². The SMILES string of the molecule is CCNC(C)(Cn1cc(C(F)(F)F)cn1)C(N)=O. The van der Waals surface area contributed by atoms with Gasteiger partial charge < -0.3 is 11.1 Å². The predicted molar refractivity (Wildman–Crippen MR) is 58.5 cm³/mol. The van der Waals surface area contributed by atoms with Crippen molar-refractivity contribution in [2.24, 2.45) is 5.73 Å². The molecule has 1 aromatic heterocycles. The molecule has 0 bridgehead atoms. The van der Waals surface area contributed by atoms with Gasteiger partial charge in [0.15, 0.2) is 0 Å². The molecule has 0 aliphatic heterocycles. The maximum atomic E-state index is 12.4. The molecule has 1 rings (SSSR count). The van der Waals surface area contributed by atoms with Crippen LogP contribution in [0.5, 0.6) is 0 Å². The van der Waals surface area contributed by atoms with Crippen LogP contribution in [0, 0.1) is 0 Å². The molecule has 0 aromatic carbocycles. The van der Waals surface area contributed by atoms with E-state index in [1.807, 2.05) is 0 Å². The Morgan fingerprint density at radius 3 is 2.56 bits per heavy atom. The van der Waals surface area contributed by atoms with Crippen LogP contribution in [0.3, 0.4) is 0 Å². The third-order valence-corrected chi connectivity index (χ3v) is 2.55. The summed E-state index contributed by atoms with van der Waals surface area (Å²) in [7, 11) is 0. The average Bonchev–Trinajstić information content (AvgIpc) is 2.65. The van der Waals surface area contributed by atoms with Crippen molar-refractivity contribution in [3.8, 4) is 0 Å². The first-order valence-corrected chi connectivity index (χ1v) is 5.33. The Labute approximate surface area is 102 Å². The van der Waals surface area contributed by atoms with Gasteiger partial charge in [0, 0.05) is 6.20 Å². The third kappa shape index (κ3) is 3.22. The van der Waals surface area contributed by atoms with Crippen molar-refractivity contribution in [3.63, 3.8) is 0 Å². The van der Waals surface area contributed by atoms with Gasteiger partial charge in [-0.05, 0) is 13.5 Å². The summed E-state index contributed by atoms with van der Waals surface area (Å²) in [6.07, 6.45) is -2.88. The van der Waals surface area contributed by atoms with Crippen molar-refractivity contribution in [2.45, 2.75) is 32.1 Å². The molecule has 0 fully saturated rings. The van der Waals surface area contributed by atoms with Gasteiger partial charge >= 0.3 is 6.18 Å². The maximum Gasteiger partial charge on any atom is 0.419 e. The third-order valence-electron chi connectivity index (χ3n) is 2.55. The number of hydrogen-bond acceptors (Lipinski definition) is 3. The van der Waals surface area contributed by atoms with Crippen LogP contribution in [-0.2, 0) is 17.5 Å². The first kappa shape index (κ1) is 14.5. The van der Waals surface area contributed by atoms with Crippen molar-refractivity contribution in [1.29, 1.82) is 0 Å². The molecule has 1 atom stereocenters. The molecule has 1 aromatic rings. The van der Waals surface area contributed by atoms with E-state index in [1.54, 1.807) is 6.92 Å². The lowest BCUT2D eigenvalue weighted by atomic mass is 10.0. The molecule has 1 unspecified atom stereocenters. The fraction of sp³-hybridized carbons (Fsp3) is 0.600. The van der Waals surface area contributed by atoms with Crippen LogP contribution in [0.1, 0.15) is 19.4 Å². The minimum Gasteiger partial charge on any atom is -0.368 e. The monoisotopic (exact) mass is 264 g/mol. The van der Waals surface area contributed by atoms with E-state index in [0.717, 1.165) is 10.9 Å². The number of primary amides is 1. The maximum absolute atomic E-state index is 12.4. The van der Waals surface area contributed by atoms with E-state index in [4.69, 9.17) is 5.73 Å². The van der Waals surface area contributed by atoms with Gasteiger partial charge in [-0.2, -0.15) is 18.3 Å². The van der Waals surface area contributed by atoms with Crippen LogP contribution in [-0.4, -0.2) is 27.8 Å². The molecular formula is C10H15F3N4O. The Bertz CT molecular complexity index is 429. The van der Waals surface area contributed by atoms with E-state index in [1.165, 1.54) is 6.92 Å². The first-order valence-electron chi connectivity index (χ1n) is 5.33. The standard InChI is InChI=1S/C10H15F3N4O/c1-3-15-9(2,8(14)18)6-17-5-7(4-16-17)10(11,12)13/h4-5,15H,3,6H2,1-2H3,(H2,14,18). The van der Waals surface area contributed by atoms with Gasteiger partial charge in [-0.15, -0.1) is 0 Å². The Balaban J connectivity index is 2.89. The van der Waals surface area contributed by atoms with Gasteiger partial charge in [0.1, 0.15) is 5.54 Å². The topological polar surface area (TPSA) is 72.9 Å². The highest BCUT2D eigenvalue weighted by Crippen LogP contribution is 2.28. The van der Waals surface area contributed by atoms with E-state index < -0.39 is 23.2 Å². The second kappa shape index (κ2) is 4.97. The van der Waals surface area contributed by atoms with Crippen molar-refractivity contribution < 1.29 is 18.0 Å². The minimum atomic E-state index is -4.44. The van der Waals surface area contributed by atoms with Gasteiger partial charge in [-0.1, -0.05) is 6.92 Å². The number of alkyl halides is 3. The summed E-state index contributed by atoms with van der Waals surface area (Å²) < 4.78 is 38.2. The molecule has 8 heteroatoms. The van der Waals surface area contributed by atoms with Crippen molar-refractivity contribution in [3.05, 3.63) is 18.0 Å². The zero-order chi connectivity index (χ0) is 14.0. The van der Waals surface area contributed by atoms with E-state index in [-0.39, 0.29) is 6.54 Å². The van der Waals surface area contributed by atoms with Crippen LogP contribution < -0.4 is 11.1 Å². The van der Waals surface area contributed by atoms with Gasteiger partial charge in [-0.25, -0.2) is 0 Å². The Morgan fingerprint density at radius 2 is 2.17 bits per heavy atom. The van der Waals surface area contributed by atoms with E-state index >= 15 is 0 Å². The lowest BCUT2D eigenvalue weighted by Crippen LogP contribution is -2.55. The van der Waals surface area contributed by atoms with E-state index in [9.17, 15) is 18.0 Å². The molecule has 1 amide bonds. The summed E-state index contributed by atoms with van der Waals surface area (Å²) in [5.74, 6) is -0.645. The largest absolute Gasteiger partial charge is 0.419 e. The summed E-state index contributed by atoms with van der Waals surface area (Å²) >= 11 is 0. The van der Waals surface area contributed by atoms with Crippen LogP contribution >= 0.6 is 0 Å². The highest BCUT2D eigenvalue weighted by molar-refractivity contribution is 5.84. The van der Waals surface area contributed by atoms with Crippen molar-refractivity contribution in [1.82, 2.24) is 15.1 Å². The molecule has 0 saturated heterocycles. The molecule has 0 aliphatic carbocycles. The number of rotatable bonds is 5. The number of amides is 1. The Kier molecular flexibility index (Phi) is 4.00. The average molecular weight is 264 g/mol. The summed E-state index contributed by atoms with van der Waals surface area (Å²) in [5, 5.41) is 6.42. The van der Waals surface area contributed by atoms with Gasteiger partial charge in [0.05, 0.1) is 18.3 Å². The fourth-order valence-corrected chi connectivity index (χ4v) is 1.53. The zero-order valence-corrected chi connectivity index (χ0v) is 10.1. The molecule has 0 spiro atoms. The summed E-state index contributed by atoms with van der Waals surface area (Å²) in [4.78, 5) is 11.3. The highest BCUT2D eigenvalue weighted by atomic mass is 19.4. The molecular weight excluding hydrogens is 249 g/mol. The number of nitrogens with one attached hydrogen (secondary N) is 1. The molecule has 0 radical (unpaired) electrons. The van der Waals surface area contributed by atoms with Gasteiger partial charge in [0.25, 0.3) is 0 Å².